The molecule has 340 valence electrons. The average Bonchev–Trinajstić information content (AvgIpc) is 3.27. The maximum atomic E-state index is 14.6. The number of oxime groups is 1. The summed E-state index contributed by atoms with van der Waals surface area (Å²) in [4.78, 5) is 34.6. The van der Waals surface area contributed by atoms with Gasteiger partial charge in [-0.05, 0) is 113 Å². The van der Waals surface area contributed by atoms with Gasteiger partial charge >= 0.3 is 6.09 Å². The molecule has 0 aromatic heterocycles. The van der Waals surface area contributed by atoms with E-state index in [2.05, 4.69) is 30.9 Å². The lowest BCUT2D eigenvalue weighted by Crippen LogP contribution is -2.70. The standard InChI is InChI=1S/C49H63N3O10S/c1-6-25-51(47(55)60-36-21-19-35(20-22-36)52(56)57)44-33-42(50-62-48(3,4)5)40-31-34(15-11-13-26-53)39(18-12-14-27-54)45-41-32-37(58-29-30-63-38-16-9-8-10-17-38)23-24-43(41)61-49(44,46(40)45)59-28-7-2/h7-10,16-17,19-24,31-32,34,39,44-46,53-54H,2,6,11-15,18,25-30,33H2,1,3-5H3. The number of nitro groups is 1. The van der Waals surface area contributed by atoms with Crippen LogP contribution in [0.25, 0.3) is 0 Å². The zero-order valence-corrected chi connectivity index (χ0v) is 37.8. The van der Waals surface area contributed by atoms with E-state index in [-0.39, 0.29) is 62.0 Å². The van der Waals surface area contributed by atoms with E-state index < -0.39 is 34.4 Å². The van der Waals surface area contributed by atoms with E-state index in [0.29, 0.717) is 43.1 Å². The smallest absolute Gasteiger partial charge is 0.415 e. The number of non-ortho nitro benzene ring substituents is 1. The van der Waals surface area contributed by atoms with E-state index in [0.717, 1.165) is 42.6 Å². The highest BCUT2D eigenvalue weighted by Gasteiger charge is 2.65. The minimum atomic E-state index is -1.47. The summed E-state index contributed by atoms with van der Waals surface area (Å²) < 4.78 is 26.8. The second kappa shape index (κ2) is 22.1. The van der Waals surface area contributed by atoms with Crippen LogP contribution in [0.4, 0.5) is 10.5 Å². The first-order valence-corrected chi connectivity index (χ1v) is 23.2. The molecule has 2 aliphatic carbocycles. The molecule has 3 aromatic rings. The number of benzene rings is 3. The normalized spacial score (nSPS) is 23.1. The van der Waals surface area contributed by atoms with E-state index >= 15 is 0 Å². The first kappa shape index (κ1) is 47.6. The molecule has 0 radical (unpaired) electrons. The molecule has 1 heterocycles. The largest absolute Gasteiger partial charge is 0.493 e. The number of unbranched alkanes of at least 4 members (excludes halogenated alkanes) is 2. The summed E-state index contributed by atoms with van der Waals surface area (Å²) >= 11 is 1.73. The van der Waals surface area contributed by atoms with Crippen molar-refractivity contribution < 1.29 is 43.7 Å². The predicted octanol–water partition coefficient (Wildman–Crippen LogP) is 10.1. The van der Waals surface area contributed by atoms with Crippen molar-refractivity contribution >= 4 is 29.3 Å². The van der Waals surface area contributed by atoms with Gasteiger partial charge in [-0.1, -0.05) is 55.3 Å². The Morgan fingerprint density at radius 1 is 1.03 bits per heavy atom. The summed E-state index contributed by atoms with van der Waals surface area (Å²) in [6, 6.07) is 20.8. The molecule has 6 atom stereocenters. The number of hydrogen-bond donors (Lipinski definition) is 2. The van der Waals surface area contributed by atoms with Gasteiger partial charge in [-0.25, -0.2) is 4.79 Å². The van der Waals surface area contributed by atoms with E-state index in [9.17, 15) is 25.1 Å². The number of hydrogen-bond acceptors (Lipinski definition) is 12. The van der Waals surface area contributed by atoms with E-state index in [1.165, 1.54) is 29.2 Å². The number of aliphatic hydroxyl groups is 2. The van der Waals surface area contributed by atoms with Crippen molar-refractivity contribution in [3.63, 3.8) is 0 Å². The number of rotatable bonds is 22. The molecule has 2 N–H and O–H groups in total. The van der Waals surface area contributed by atoms with Crippen LogP contribution in [0.15, 0.2) is 107 Å². The summed E-state index contributed by atoms with van der Waals surface area (Å²) in [6.07, 6.45) is 8.62. The van der Waals surface area contributed by atoms with Crippen molar-refractivity contribution in [2.45, 2.75) is 107 Å². The van der Waals surface area contributed by atoms with E-state index in [4.69, 9.17) is 28.9 Å². The summed E-state index contributed by atoms with van der Waals surface area (Å²) in [5.74, 6) is 0.143. The Labute approximate surface area is 375 Å². The second-order valence-electron chi connectivity index (χ2n) is 17.3. The van der Waals surface area contributed by atoms with Crippen molar-refractivity contribution in [1.29, 1.82) is 0 Å². The molecule has 1 aliphatic heterocycles. The highest BCUT2D eigenvalue weighted by atomic mass is 32.2. The fourth-order valence-corrected chi connectivity index (χ4v) is 9.93. The predicted molar refractivity (Wildman–Crippen MR) is 245 cm³/mol. The number of aliphatic hydroxyl groups excluding tert-OH is 2. The Morgan fingerprint density at radius 2 is 1.75 bits per heavy atom. The maximum absolute atomic E-state index is 14.6. The van der Waals surface area contributed by atoms with Gasteiger partial charge in [-0.3, -0.25) is 15.0 Å². The lowest BCUT2D eigenvalue weighted by atomic mass is 9.55. The van der Waals surface area contributed by atoms with Crippen LogP contribution in [-0.4, -0.2) is 88.0 Å². The SMILES string of the molecule is C=CCOC12Oc3ccc(OCCSc4ccccc4)cc3C3C(CCCCO)C(CCCCO)C=C(C(=NOC(C)(C)C)CC1N(CCC)C(=O)Oc1ccc([N+](=O)[O-])cc1)C32. The Bertz CT molecular complexity index is 2060. The van der Waals surface area contributed by atoms with Gasteiger partial charge in [-0.15, -0.1) is 18.3 Å². The van der Waals surface area contributed by atoms with Gasteiger partial charge in [0.25, 0.3) is 5.69 Å². The molecule has 3 aliphatic rings. The van der Waals surface area contributed by atoms with Gasteiger partial charge in [0, 0.05) is 60.4 Å². The van der Waals surface area contributed by atoms with Crippen LogP contribution in [0.1, 0.15) is 90.5 Å². The fourth-order valence-electron chi connectivity index (χ4n) is 9.18. The van der Waals surface area contributed by atoms with Crippen molar-refractivity contribution in [1.82, 2.24) is 4.90 Å². The third kappa shape index (κ3) is 11.6. The monoisotopic (exact) mass is 885 g/mol. The third-order valence-electron chi connectivity index (χ3n) is 11.8. The molecule has 6 unspecified atom stereocenters. The number of carbonyl (C=O) groups excluding carboxylic acids is 1. The molecule has 1 fully saturated rings. The molecule has 3 aromatic carbocycles. The number of carbonyl (C=O) groups is 1. The molecule has 0 saturated heterocycles. The van der Waals surface area contributed by atoms with Crippen LogP contribution in [0.3, 0.4) is 0 Å². The van der Waals surface area contributed by atoms with Crippen molar-refractivity contribution in [2.75, 3.05) is 38.7 Å². The highest BCUT2D eigenvalue weighted by molar-refractivity contribution is 7.99. The van der Waals surface area contributed by atoms with E-state index in [1.807, 2.05) is 58.0 Å². The Hall–Kier alpha value is -4.89. The number of nitro benzene ring substituents is 1. The minimum Gasteiger partial charge on any atom is -0.493 e. The number of amides is 1. The first-order valence-electron chi connectivity index (χ1n) is 22.2. The summed E-state index contributed by atoms with van der Waals surface area (Å²) in [5, 5.41) is 36.2. The molecule has 1 amide bonds. The average molecular weight is 886 g/mol. The van der Waals surface area contributed by atoms with Crippen molar-refractivity contribution in [2.24, 2.45) is 22.9 Å². The Balaban J connectivity index is 1.51. The molecule has 0 spiro atoms. The summed E-state index contributed by atoms with van der Waals surface area (Å²) in [5.41, 5.74) is 1.81. The van der Waals surface area contributed by atoms with Crippen LogP contribution in [-0.2, 0) is 9.57 Å². The van der Waals surface area contributed by atoms with Crippen molar-refractivity contribution in [3.8, 4) is 17.2 Å². The summed E-state index contributed by atoms with van der Waals surface area (Å²) in [7, 11) is 0. The first-order chi connectivity index (χ1) is 30.4. The zero-order chi connectivity index (χ0) is 45.0. The lowest BCUT2D eigenvalue weighted by Gasteiger charge is -2.60. The van der Waals surface area contributed by atoms with Gasteiger partial charge in [0.05, 0.1) is 29.8 Å². The molecule has 14 heteroatoms. The second-order valence-corrected chi connectivity index (χ2v) is 18.5. The van der Waals surface area contributed by atoms with Gasteiger partial charge in [0.2, 0.25) is 5.79 Å². The number of thioether (sulfide) groups is 1. The topological polar surface area (TPSA) is 162 Å². The van der Waals surface area contributed by atoms with Gasteiger partial charge in [0.1, 0.15) is 28.9 Å². The minimum absolute atomic E-state index is 0.0393. The highest BCUT2D eigenvalue weighted by Crippen LogP contribution is 2.62. The molecular weight excluding hydrogens is 823 g/mol. The van der Waals surface area contributed by atoms with Gasteiger partial charge in [0.15, 0.2) is 0 Å². The summed E-state index contributed by atoms with van der Waals surface area (Å²) in [6.45, 7) is 12.8. The zero-order valence-electron chi connectivity index (χ0n) is 37.0. The molecule has 63 heavy (non-hydrogen) atoms. The number of allylic oxidation sites excluding steroid dienone is 1. The fraction of sp³-hybridized carbons (Fsp3) is 0.510. The molecule has 0 bridgehead atoms. The maximum Gasteiger partial charge on any atom is 0.415 e. The number of nitrogens with zero attached hydrogens (tertiary/aromatic N) is 3. The molecule has 1 saturated carbocycles. The Morgan fingerprint density at radius 3 is 2.41 bits per heavy atom. The van der Waals surface area contributed by atoms with Crippen LogP contribution in [0.2, 0.25) is 0 Å². The molecule has 13 nitrogen and oxygen atoms in total. The Kier molecular flexibility index (Phi) is 16.7. The van der Waals surface area contributed by atoms with Crippen LogP contribution in [0, 0.1) is 27.9 Å². The van der Waals surface area contributed by atoms with Crippen LogP contribution in [0.5, 0.6) is 17.2 Å². The molecule has 6 rings (SSSR count). The quantitative estimate of drug-likeness (QED) is 0.0325. The van der Waals surface area contributed by atoms with Crippen LogP contribution < -0.4 is 14.2 Å². The van der Waals surface area contributed by atoms with Crippen molar-refractivity contribution in [3.05, 3.63) is 113 Å². The third-order valence-corrected chi connectivity index (χ3v) is 12.7. The lowest BCUT2D eigenvalue weighted by molar-refractivity contribution is -0.384. The van der Waals surface area contributed by atoms with Gasteiger partial charge in [-0.2, -0.15) is 0 Å². The molecular formula is C49H63N3O10S. The van der Waals surface area contributed by atoms with Crippen LogP contribution >= 0.6 is 11.8 Å². The van der Waals surface area contributed by atoms with Gasteiger partial charge < -0.3 is 34.0 Å². The number of ether oxygens (including phenoxy) is 4. The van der Waals surface area contributed by atoms with E-state index in [1.54, 1.807) is 22.7 Å². The number of fused-ring (bicyclic) bond motifs is 2.